The molecular formula is C14H28N2. The van der Waals surface area contributed by atoms with E-state index in [4.69, 9.17) is 5.73 Å². The molecule has 1 saturated carbocycles. The van der Waals surface area contributed by atoms with Crippen molar-refractivity contribution in [1.82, 2.24) is 4.90 Å². The van der Waals surface area contributed by atoms with Gasteiger partial charge in [-0.15, -0.1) is 0 Å². The summed E-state index contributed by atoms with van der Waals surface area (Å²) < 4.78 is 0. The number of hydrogen-bond acceptors (Lipinski definition) is 2. The SMILES string of the molecule is CC1(C)CCN(CC2(CN)CCCC2)CC1. The zero-order chi connectivity index (χ0) is 11.6. The summed E-state index contributed by atoms with van der Waals surface area (Å²) in [6.07, 6.45) is 8.24. The fraction of sp³-hybridized carbons (Fsp3) is 1.00. The monoisotopic (exact) mass is 224 g/mol. The smallest absolute Gasteiger partial charge is 0.00501 e. The van der Waals surface area contributed by atoms with E-state index in [0.717, 1.165) is 6.54 Å². The van der Waals surface area contributed by atoms with Crippen LogP contribution in [-0.2, 0) is 0 Å². The highest BCUT2D eigenvalue weighted by atomic mass is 15.1. The first-order valence-corrected chi connectivity index (χ1v) is 6.98. The van der Waals surface area contributed by atoms with Crippen molar-refractivity contribution in [3.05, 3.63) is 0 Å². The van der Waals surface area contributed by atoms with Crippen LogP contribution in [0.2, 0.25) is 0 Å². The lowest BCUT2D eigenvalue weighted by molar-refractivity contribution is 0.0866. The Kier molecular flexibility index (Phi) is 3.60. The highest BCUT2D eigenvalue weighted by Crippen LogP contribution is 2.39. The summed E-state index contributed by atoms with van der Waals surface area (Å²) in [5.74, 6) is 0. The van der Waals surface area contributed by atoms with Gasteiger partial charge in [-0.1, -0.05) is 26.7 Å². The van der Waals surface area contributed by atoms with Gasteiger partial charge < -0.3 is 10.6 Å². The topological polar surface area (TPSA) is 29.3 Å². The zero-order valence-electron chi connectivity index (χ0n) is 11.1. The lowest BCUT2D eigenvalue weighted by Gasteiger charge is -2.41. The van der Waals surface area contributed by atoms with Crippen LogP contribution in [0.3, 0.4) is 0 Å². The van der Waals surface area contributed by atoms with E-state index in [1.54, 1.807) is 0 Å². The third kappa shape index (κ3) is 2.78. The summed E-state index contributed by atoms with van der Waals surface area (Å²) in [6.45, 7) is 9.53. The van der Waals surface area contributed by atoms with E-state index < -0.39 is 0 Å². The molecule has 0 unspecified atom stereocenters. The minimum Gasteiger partial charge on any atom is -0.330 e. The van der Waals surface area contributed by atoms with Crippen LogP contribution in [0.4, 0.5) is 0 Å². The molecule has 2 N–H and O–H groups in total. The summed E-state index contributed by atoms with van der Waals surface area (Å²) >= 11 is 0. The summed E-state index contributed by atoms with van der Waals surface area (Å²) in [4.78, 5) is 2.67. The summed E-state index contributed by atoms with van der Waals surface area (Å²) in [5, 5.41) is 0. The molecule has 0 radical (unpaired) electrons. The third-order valence-electron chi connectivity index (χ3n) is 4.87. The number of rotatable bonds is 3. The van der Waals surface area contributed by atoms with Gasteiger partial charge in [0.15, 0.2) is 0 Å². The molecule has 1 heterocycles. The number of piperidine rings is 1. The summed E-state index contributed by atoms with van der Waals surface area (Å²) in [5.41, 5.74) is 7.06. The molecule has 0 atom stereocenters. The largest absolute Gasteiger partial charge is 0.330 e. The molecule has 0 aromatic carbocycles. The number of hydrogen-bond donors (Lipinski definition) is 1. The van der Waals surface area contributed by atoms with Gasteiger partial charge in [-0.3, -0.25) is 0 Å². The van der Waals surface area contributed by atoms with Gasteiger partial charge in [0.1, 0.15) is 0 Å². The van der Waals surface area contributed by atoms with E-state index in [0.29, 0.717) is 10.8 Å². The maximum Gasteiger partial charge on any atom is 0.00501 e. The van der Waals surface area contributed by atoms with Crippen molar-refractivity contribution in [3.63, 3.8) is 0 Å². The van der Waals surface area contributed by atoms with Crippen LogP contribution < -0.4 is 5.73 Å². The fourth-order valence-corrected chi connectivity index (χ4v) is 3.34. The van der Waals surface area contributed by atoms with Gasteiger partial charge >= 0.3 is 0 Å². The molecule has 2 nitrogen and oxygen atoms in total. The molecule has 2 aliphatic rings. The Bertz CT molecular complexity index is 219. The van der Waals surface area contributed by atoms with Crippen molar-refractivity contribution >= 4 is 0 Å². The van der Waals surface area contributed by atoms with Crippen molar-refractivity contribution in [2.75, 3.05) is 26.2 Å². The van der Waals surface area contributed by atoms with Crippen LogP contribution in [0.5, 0.6) is 0 Å². The van der Waals surface area contributed by atoms with Crippen molar-refractivity contribution in [1.29, 1.82) is 0 Å². The maximum atomic E-state index is 6.01. The van der Waals surface area contributed by atoms with Crippen molar-refractivity contribution in [2.24, 2.45) is 16.6 Å². The number of nitrogens with two attached hydrogens (primary N) is 1. The first kappa shape index (κ1) is 12.4. The molecule has 94 valence electrons. The summed E-state index contributed by atoms with van der Waals surface area (Å²) in [6, 6.07) is 0. The van der Waals surface area contributed by atoms with E-state index >= 15 is 0 Å². The predicted octanol–water partition coefficient (Wildman–Crippen LogP) is 2.63. The van der Waals surface area contributed by atoms with Gasteiger partial charge in [-0.25, -0.2) is 0 Å². The standard InChI is InChI=1S/C14H28N2/c1-13(2)7-9-16(10-8-13)12-14(11-15)5-3-4-6-14/h3-12,15H2,1-2H3. The van der Waals surface area contributed by atoms with Crippen LogP contribution in [0.25, 0.3) is 0 Å². The average Bonchev–Trinajstić information content (AvgIpc) is 2.71. The van der Waals surface area contributed by atoms with Crippen molar-refractivity contribution in [3.8, 4) is 0 Å². The lowest BCUT2D eigenvalue weighted by atomic mass is 9.80. The zero-order valence-corrected chi connectivity index (χ0v) is 11.1. The quantitative estimate of drug-likeness (QED) is 0.798. The minimum absolute atomic E-state index is 0.474. The second-order valence-electron chi connectivity index (χ2n) is 6.85. The molecule has 1 aliphatic carbocycles. The molecule has 2 rings (SSSR count). The second kappa shape index (κ2) is 4.66. The Balaban J connectivity index is 1.86. The Morgan fingerprint density at radius 3 is 2.06 bits per heavy atom. The normalized spacial score (nSPS) is 29.4. The van der Waals surface area contributed by atoms with Gasteiger partial charge in [-0.2, -0.15) is 0 Å². The molecule has 0 amide bonds. The Morgan fingerprint density at radius 1 is 1.00 bits per heavy atom. The highest BCUT2D eigenvalue weighted by molar-refractivity contribution is 4.90. The molecule has 1 aliphatic heterocycles. The van der Waals surface area contributed by atoms with Crippen LogP contribution in [0.1, 0.15) is 52.4 Å². The predicted molar refractivity (Wildman–Crippen MR) is 69.4 cm³/mol. The first-order valence-electron chi connectivity index (χ1n) is 6.98. The van der Waals surface area contributed by atoms with E-state index in [1.807, 2.05) is 0 Å². The molecule has 0 aromatic heterocycles. The second-order valence-corrected chi connectivity index (χ2v) is 6.85. The van der Waals surface area contributed by atoms with Crippen molar-refractivity contribution < 1.29 is 0 Å². The molecule has 2 heteroatoms. The van der Waals surface area contributed by atoms with E-state index in [1.165, 1.54) is 58.2 Å². The van der Waals surface area contributed by atoms with E-state index in [2.05, 4.69) is 18.7 Å². The Labute approximate surface area is 101 Å². The van der Waals surface area contributed by atoms with Crippen LogP contribution in [0, 0.1) is 10.8 Å². The number of likely N-dealkylation sites (tertiary alicyclic amines) is 1. The first-order chi connectivity index (χ1) is 7.55. The number of nitrogens with zero attached hydrogens (tertiary/aromatic N) is 1. The molecule has 2 fully saturated rings. The highest BCUT2D eigenvalue weighted by Gasteiger charge is 2.36. The van der Waals surface area contributed by atoms with E-state index in [-0.39, 0.29) is 0 Å². The van der Waals surface area contributed by atoms with Gasteiger partial charge in [-0.05, 0) is 56.1 Å². The average molecular weight is 224 g/mol. The molecule has 0 spiro atoms. The molecule has 16 heavy (non-hydrogen) atoms. The van der Waals surface area contributed by atoms with Crippen LogP contribution in [0.15, 0.2) is 0 Å². The van der Waals surface area contributed by atoms with Gasteiger partial charge in [0.25, 0.3) is 0 Å². The molecule has 1 saturated heterocycles. The molecule has 0 aromatic rings. The van der Waals surface area contributed by atoms with Gasteiger partial charge in [0.05, 0.1) is 0 Å². The third-order valence-corrected chi connectivity index (χ3v) is 4.87. The Hall–Kier alpha value is -0.0800. The fourth-order valence-electron chi connectivity index (χ4n) is 3.34. The van der Waals surface area contributed by atoms with Gasteiger partial charge in [0, 0.05) is 6.54 Å². The van der Waals surface area contributed by atoms with Crippen LogP contribution in [-0.4, -0.2) is 31.1 Å². The Morgan fingerprint density at radius 2 is 1.56 bits per heavy atom. The summed E-state index contributed by atoms with van der Waals surface area (Å²) in [7, 11) is 0. The minimum atomic E-state index is 0.474. The van der Waals surface area contributed by atoms with Crippen molar-refractivity contribution in [2.45, 2.75) is 52.4 Å². The van der Waals surface area contributed by atoms with Gasteiger partial charge in [0.2, 0.25) is 0 Å². The lowest BCUT2D eigenvalue weighted by Crippen LogP contribution is -2.45. The molecule has 0 bridgehead atoms. The van der Waals surface area contributed by atoms with E-state index in [9.17, 15) is 0 Å². The maximum absolute atomic E-state index is 6.01. The molecular weight excluding hydrogens is 196 g/mol. The van der Waals surface area contributed by atoms with Crippen LogP contribution >= 0.6 is 0 Å².